The van der Waals surface area contributed by atoms with Gasteiger partial charge in [0.05, 0.1) is 0 Å². The summed E-state index contributed by atoms with van der Waals surface area (Å²) in [6.45, 7) is -0.535. The first-order valence-electron chi connectivity index (χ1n) is 2.67. The van der Waals surface area contributed by atoms with Crippen molar-refractivity contribution in [1.82, 2.24) is 8.96 Å². The lowest BCUT2D eigenvalue weighted by molar-refractivity contribution is 0.269. The molecule has 6 nitrogen and oxygen atoms in total. The van der Waals surface area contributed by atoms with Crippen LogP contribution in [-0.2, 0) is 16.9 Å². The summed E-state index contributed by atoms with van der Waals surface area (Å²) >= 11 is 0. The van der Waals surface area contributed by atoms with Crippen molar-refractivity contribution in [2.45, 2.75) is 6.61 Å². The molecule has 1 heterocycles. The molecule has 0 aliphatic rings. The van der Waals surface area contributed by atoms with E-state index in [2.05, 4.69) is 4.98 Å². The average molecular weight is 178 g/mol. The fraction of sp³-hybridized carbons (Fsp3) is 0.250. The highest BCUT2D eigenvalue weighted by Gasteiger charge is 2.11. The van der Waals surface area contributed by atoms with Crippen LogP contribution in [0.4, 0.5) is 0 Å². The van der Waals surface area contributed by atoms with E-state index in [4.69, 9.17) is 9.66 Å². The second kappa shape index (κ2) is 2.61. The number of aromatic nitrogens is 2. The van der Waals surface area contributed by atoms with Crippen molar-refractivity contribution in [2.24, 2.45) is 0 Å². The minimum Gasteiger partial charge on any atom is -0.388 e. The Balaban J connectivity index is 3.24. The fourth-order valence-electron chi connectivity index (χ4n) is 0.643. The third kappa shape index (κ3) is 1.56. The summed E-state index contributed by atoms with van der Waals surface area (Å²) in [5, 5.41) is 8.51. The number of imidazole rings is 1. The summed E-state index contributed by atoms with van der Waals surface area (Å²) < 4.78 is 29.8. The second-order valence-electron chi connectivity index (χ2n) is 1.78. The van der Waals surface area contributed by atoms with Gasteiger partial charge in [0.2, 0.25) is 0 Å². The van der Waals surface area contributed by atoms with Crippen molar-refractivity contribution >= 4 is 10.3 Å². The lowest BCUT2D eigenvalue weighted by Crippen LogP contribution is -2.13. The van der Waals surface area contributed by atoms with Crippen LogP contribution in [-0.4, -0.2) is 27.0 Å². The zero-order valence-corrected chi connectivity index (χ0v) is 6.19. The molecule has 1 rings (SSSR count). The van der Waals surface area contributed by atoms with E-state index in [0.29, 0.717) is 3.97 Å². The number of rotatable bonds is 2. The van der Waals surface area contributed by atoms with Gasteiger partial charge in [-0.25, -0.2) is 8.96 Å². The molecule has 62 valence electrons. The molecule has 0 amide bonds. The minimum absolute atomic E-state index is 0.118. The molecule has 1 aromatic heterocycles. The molecule has 0 atom stereocenters. The van der Waals surface area contributed by atoms with Gasteiger partial charge in [0, 0.05) is 12.4 Å². The summed E-state index contributed by atoms with van der Waals surface area (Å²) in [6.07, 6.45) is 2.21. The van der Waals surface area contributed by atoms with Gasteiger partial charge in [-0.15, -0.1) is 0 Å². The third-order valence-electron chi connectivity index (χ3n) is 1.07. The van der Waals surface area contributed by atoms with Crippen molar-refractivity contribution in [3.8, 4) is 0 Å². The van der Waals surface area contributed by atoms with Crippen LogP contribution in [0.15, 0.2) is 12.4 Å². The summed E-state index contributed by atoms with van der Waals surface area (Å²) in [6, 6.07) is 0. The summed E-state index contributed by atoms with van der Waals surface area (Å²) in [7, 11) is -4.31. The largest absolute Gasteiger partial charge is 0.388 e. The smallest absolute Gasteiger partial charge is 0.364 e. The van der Waals surface area contributed by atoms with E-state index in [1.807, 2.05) is 0 Å². The molecule has 0 unspecified atom stereocenters. The average Bonchev–Trinajstić information content (AvgIpc) is 2.31. The number of aliphatic hydroxyl groups excluding tert-OH is 1. The molecule has 0 bridgehead atoms. The maximum Gasteiger partial charge on any atom is 0.364 e. The van der Waals surface area contributed by atoms with Crippen molar-refractivity contribution in [1.29, 1.82) is 0 Å². The lowest BCUT2D eigenvalue weighted by atomic mass is 10.7. The van der Waals surface area contributed by atoms with Crippen LogP contribution < -0.4 is 0 Å². The van der Waals surface area contributed by atoms with Crippen molar-refractivity contribution in [3.05, 3.63) is 18.2 Å². The topological polar surface area (TPSA) is 92.4 Å². The molecule has 1 aromatic rings. The van der Waals surface area contributed by atoms with Gasteiger partial charge in [0.25, 0.3) is 0 Å². The molecular weight excluding hydrogens is 172 g/mol. The first-order valence-corrected chi connectivity index (χ1v) is 4.06. The van der Waals surface area contributed by atoms with Crippen LogP contribution >= 0.6 is 0 Å². The van der Waals surface area contributed by atoms with E-state index in [1.54, 1.807) is 0 Å². The molecule has 0 aliphatic heterocycles. The number of aliphatic hydroxyl groups is 1. The molecule has 0 aromatic carbocycles. The summed E-state index contributed by atoms with van der Waals surface area (Å²) in [5.41, 5.74) is 0. The molecule has 0 aliphatic carbocycles. The predicted octanol–water partition coefficient (Wildman–Crippen LogP) is -0.974. The molecule has 2 N–H and O–H groups in total. The number of hydrogen-bond acceptors (Lipinski definition) is 4. The summed E-state index contributed by atoms with van der Waals surface area (Å²) in [5.74, 6) is -0.118. The van der Waals surface area contributed by atoms with Gasteiger partial charge in [0.15, 0.2) is 0 Å². The quantitative estimate of drug-likeness (QED) is 0.568. The zero-order chi connectivity index (χ0) is 8.48. The standard InChI is InChI=1S/C4H6N2O4S/c7-3-4-5-1-2-6(4)11(8,9)10/h1-2,7H,3H2,(H,8,9,10). The van der Waals surface area contributed by atoms with E-state index in [9.17, 15) is 8.42 Å². The molecule has 0 radical (unpaired) electrons. The monoisotopic (exact) mass is 178 g/mol. The van der Waals surface area contributed by atoms with Gasteiger partial charge in [-0.05, 0) is 0 Å². The Bertz CT molecular complexity index is 341. The van der Waals surface area contributed by atoms with Gasteiger partial charge >= 0.3 is 10.3 Å². The fourth-order valence-corrected chi connectivity index (χ4v) is 1.22. The predicted molar refractivity (Wildman–Crippen MR) is 35.1 cm³/mol. The van der Waals surface area contributed by atoms with E-state index in [0.717, 1.165) is 6.20 Å². The Hall–Kier alpha value is -0.920. The zero-order valence-electron chi connectivity index (χ0n) is 5.38. The van der Waals surface area contributed by atoms with Crippen LogP contribution in [0.5, 0.6) is 0 Å². The first-order chi connectivity index (χ1) is 5.05. The Labute approximate surface area is 63.0 Å². The van der Waals surface area contributed by atoms with Gasteiger partial charge in [0.1, 0.15) is 12.4 Å². The lowest BCUT2D eigenvalue weighted by Gasteiger charge is -1.98. The van der Waals surface area contributed by atoms with E-state index >= 15 is 0 Å². The van der Waals surface area contributed by atoms with Gasteiger partial charge in [-0.1, -0.05) is 0 Å². The SMILES string of the molecule is O=S(=O)(O)n1ccnc1CO. The number of nitrogens with zero attached hydrogens (tertiary/aromatic N) is 2. The van der Waals surface area contributed by atoms with Crippen LogP contribution in [0.25, 0.3) is 0 Å². The van der Waals surface area contributed by atoms with Gasteiger partial charge in [-0.3, -0.25) is 4.55 Å². The third-order valence-corrected chi connectivity index (χ3v) is 1.90. The molecular formula is C4H6N2O4S. The molecule has 11 heavy (non-hydrogen) atoms. The Morgan fingerprint density at radius 2 is 2.27 bits per heavy atom. The highest BCUT2D eigenvalue weighted by Crippen LogP contribution is 1.99. The van der Waals surface area contributed by atoms with Crippen LogP contribution in [0.1, 0.15) is 5.82 Å². The Morgan fingerprint density at radius 3 is 2.64 bits per heavy atom. The van der Waals surface area contributed by atoms with E-state index in [1.165, 1.54) is 6.20 Å². The van der Waals surface area contributed by atoms with Crippen molar-refractivity contribution < 1.29 is 18.1 Å². The molecule has 0 saturated heterocycles. The molecule has 7 heteroatoms. The normalized spacial score (nSPS) is 11.8. The van der Waals surface area contributed by atoms with Crippen LogP contribution in [0, 0.1) is 0 Å². The highest BCUT2D eigenvalue weighted by molar-refractivity contribution is 7.84. The Kier molecular flexibility index (Phi) is 1.94. The first kappa shape index (κ1) is 8.18. The van der Waals surface area contributed by atoms with E-state index < -0.39 is 16.9 Å². The maximum atomic E-state index is 10.4. The minimum atomic E-state index is -4.31. The summed E-state index contributed by atoms with van der Waals surface area (Å²) in [4.78, 5) is 3.47. The van der Waals surface area contributed by atoms with E-state index in [-0.39, 0.29) is 5.82 Å². The molecule has 0 fully saturated rings. The highest BCUT2D eigenvalue weighted by atomic mass is 32.2. The molecule has 0 spiro atoms. The van der Waals surface area contributed by atoms with Crippen molar-refractivity contribution in [2.75, 3.05) is 0 Å². The van der Waals surface area contributed by atoms with Gasteiger partial charge in [-0.2, -0.15) is 8.42 Å². The Morgan fingerprint density at radius 1 is 1.64 bits per heavy atom. The maximum absolute atomic E-state index is 10.4. The molecule has 0 saturated carbocycles. The van der Waals surface area contributed by atoms with Crippen molar-refractivity contribution in [3.63, 3.8) is 0 Å². The van der Waals surface area contributed by atoms with Crippen LogP contribution in [0.2, 0.25) is 0 Å². The van der Waals surface area contributed by atoms with Crippen LogP contribution in [0.3, 0.4) is 0 Å². The second-order valence-corrected chi connectivity index (χ2v) is 3.06. The number of hydrogen-bond donors (Lipinski definition) is 2. The van der Waals surface area contributed by atoms with Gasteiger partial charge < -0.3 is 5.11 Å².